The molecule has 0 spiro atoms. The quantitative estimate of drug-likeness (QED) is 0.309. The first-order chi connectivity index (χ1) is 14.2. The summed E-state index contributed by atoms with van der Waals surface area (Å²) in [6.07, 6.45) is 1.16. The monoisotopic (exact) mass is 528 g/mol. The molecule has 2 heterocycles. The van der Waals surface area contributed by atoms with Gasteiger partial charge in [0.15, 0.2) is 5.96 Å². The molecule has 2 aliphatic heterocycles. The van der Waals surface area contributed by atoms with Crippen LogP contribution < -0.4 is 10.6 Å². The van der Waals surface area contributed by atoms with Crippen molar-refractivity contribution in [2.45, 2.75) is 45.8 Å². The molecule has 0 aliphatic carbocycles. The number of benzene rings is 1. The van der Waals surface area contributed by atoms with Crippen molar-refractivity contribution in [1.29, 1.82) is 0 Å². The third-order valence-corrected chi connectivity index (χ3v) is 6.22. The Morgan fingerprint density at radius 3 is 2.43 bits per heavy atom. The molecular formula is C23H41IN6. The molecule has 2 aliphatic rings. The van der Waals surface area contributed by atoms with E-state index < -0.39 is 0 Å². The molecule has 0 bridgehead atoms. The number of hydrogen-bond donors (Lipinski definition) is 2. The smallest absolute Gasteiger partial charge is 0.191 e. The van der Waals surface area contributed by atoms with Gasteiger partial charge >= 0.3 is 0 Å². The lowest BCUT2D eigenvalue weighted by Crippen LogP contribution is -2.47. The van der Waals surface area contributed by atoms with Crippen molar-refractivity contribution in [3.8, 4) is 0 Å². The molecule has 2 N–H and O–H groups in total. The third kappa shape index (κ3) is 7.98. The Morgan fingerprint density at radius 1 is 1.07 bits per heavy atom. The highest BCUT2D eigenvalue weighted by Gasteiger charge is 2.29. The number of nitrogens with one attached hydrogen (secondary N) is 2. The largest absolute Gasteiger partial charge is 0.357 e. The minimum absolute atomic E-state index is 0. The Kier molecular flexibility index (Phi) is 11.4. The number of likely N-dealkylation sites (N-methyl/N-ethyl adjacent to an activating group) is 1. The van der Waals surface area contributed by atoms with E-state index >= 15 is 0 Å². The van der Waals surface area contributed by atoms with Gasteiger partial charge in [0.05, 0.1) is 6.54 Å². The average Bonchev–Trinajstić information content (AvgIpc) is 3.08. The van der Waals surface area contributed by atoms with Crippen LogP contribution in [0.25, 0.3) is 0 Å². The summed E-state index contributed by atoms with van der Waals surface area (Å²) in [6.45, 7) is 17.5. The normalized spacial score (nSPS) is 23.9. The first kappa shape index (κ1) is 25.4. The molecule has 30 heavy (non-hydrogen) atoms. The fourth-order valence-electron chi connectivity index (χ4n) is 4.39. The number of likely N-dealkylation sites (tertiary alicyclic amines) is 1. The maximum Gasteiger partial charge on any atom is 0.191 e. The molecule has 0 saturated carbocycles. The Balaban J connectivity index is 0.00000320. The van der Waals surface area contributed by atoms with E-state index in [9.17, 15) is 0 Å². The minimum atomic E-state index is 0. The highest BCUT2D eigenvalue weighted by molar-refractivity contribution is 14.0. The van der Waals surface area contributed by atoms with Gasteiger partial charge < -0.3 is 15.5 Å². The predicted octanol–water partition coefficient (Wildman–Crippen LogP) is 2.46. The molecule has 7 heteroatoms. The highest BCUT2D eigenvalue weighted by atomic mass is 127. The minimum Gasteiger partial charge on any atom is -0.357 e. The van der Waals surface area contributed by atoms with E-state index in [2.05, 4.69) is 76.4 Å². The van der Waals surface area contributed by atoms with Crippen molar-refractivity contribution >= 4 is 29.9 Å². The van der Waals surface area contributed by atoms with Crippen LogP contribution in [0.15, 0.2) is 35.3 Å². The maximum atomic E-state index is 4.86. The van der Waals surface area contributed by atoms with Crippen LogP contribution in [-0.4, -0.2) is 91.6 Å². The molecule has 0 amide bonds. The van der Waals surface area contributed by atoms with E-state index in [1.165, 1.54) is 38.3 Å². The molecule has 1 aromatic carbocycles. The molecule has 170 valence electrons. The molecule has 1 aromatic rings. The first-order valence-electron chi connectivity index (χ1n) is 11.5. The summed E-state index contributed by atoms with van der Waals surface area (Å²) in [5.41, 5.74) is 1.39. The van der Waals surface area contributed by atoms with E-state index in [1.54, 1.807) is 0 Å². The van der Waals surface area contributed by atoms with Gasteiger partial charge in [0.1, 0.15) is 0 Å². The lowest BCUT2D eigenvalue weighted by atomic mass is 10.2. The van der Waals surface area contributed by atoms with Crippen LogP contribution in [0, 0.1) is 0 Å². The van der Waals surface area contributed by atoms with E-state index in [4.69, 9.17) is 4.99 Å². The van der Waals surface area contributed by atoms with Gasteiger partial charge in [-0.3, -0.25) is 14.8 Å². The maximum absolute atomic E-state index is 4.86. The van der Waals surface area contributed by atoms with Gasteiger partial charge in [0.2, 0.25) is 0 Å². The Morgan fingerprint density at radius 2 is 1.77 bits per heavy atom. The van der Waals surface area contributed by atoms with Crippen LogP contribution in [0.3, 0.4) is 0 Å². The Labute approximate surface area is 200 Å². The van der Waals surface area contributed by atoms with Gasteiger partial charge in [0, 0.05) is 64.4 Å². The van der Waals surface area contributed by atoms with Gasteiger partial charge in [-0.1, -0.05) is 37.3 Å². The molecule has 0 radical (unpaired) electrons. The fourth-order valence-corrected chi connectivity index (χ4v) is 4.39. The van der Waals surface area contributed by atoms with Crippen molar-refractivity contribution in [3.63, 3.8) is 0 Å². The van der Waals surface area contributed by atoms with Crippen LogP contribution in [0.4, 0.5) is 0 Å². The van der Waals surface area contributed by atoms with Gasteiger partial charge in [-0.25, -0.2) is 0 Å². The van der Waals surface area contributed by atoms with Crippen LogP contribution in [-0.2, 0) is 6.54 Å². The van der Waals surface area contributed by atoms with Crippen LogP contribution in [0.2, 0.25) is 0 Å². The fraction of sp³-hybridized carbons (Fsp3) is 0.696. The van der Waals surface area contributed by atoms with Gasteiger partial charge in [-0.15, -0.1) is 24.0 Å². The van der Waals surface area contributed by atoms with Gasteiger partial charge in [-0.2, -0.15) is 0 Å². The van der Waals surface area contributed by atoms with Crippen molar-refractivity contribution < 1.29 is 0 Å². The first-order valence-corrected chi connectivity index (χ1v) is 11.5. The van der Waals surface area contributed by atoms with Crippen molar-refractivity contribution in [1.82, 2.24) is 25.3 Å². The average molecular weight is 529 g/mol. The number of nitrogens with zero attached hydrogens (tertiary/aromatic N) is 4. The predicted molar refractivity (Wildman–Crippen MR) is 138 cm³/mol. The molecule has 2 atom stereocenters. The molecule has 2 unspecified atom stereocenters. The number of guanidine groups is 1. The van der Waals surface area contributed by atoms with Crippen LogP contribution in [0.5, 0.6) is 0 Å². The Hall–Kier alpha value is -0.900. The molecule has 2 fully saturated rings. The zero-order chi connectivity index (χ0) is 20.5. The van der Waals surface area contributed by atoms with Crippen LogP contribution >= 0.6 is 24.0 Å². The number of halogens is 1. The van der Waals surface area contributed by atoms with Gasteiger partial charge in [0.25, 0.3) is 0 Å². The number of piperazine rings is 1. The second kappa shape index (κ2) is 13.5. The van der Waals surface area contributed by atoms with E-state index in [0.29, 0.717) is 12.1 Å². The Bertz CT molecular complexity index is 617. The molecule has 3 rings (SSSR count). The number of rotatable bonds is 8. The third-order valence-electron chi connectivity index (χ3n) is 6.22. The number of aliphatic imine (C=N–C) groups is 1. The second-order valence-electron chi connectivity index (χ2n) is 8.38. The molecular weight excluding hydrogens is 487 g/mol. The zero-order valence-corrected chi connectivity index (χ0v) is 21.3. The van der Waals surface area contributed by atoms with E-state index in [1.807, 2.05) is 0 Å². The summed E-state index contributed by atoms with van der Waals surface area (Å²) < 4.78 is 0. The molecule has 2 saturated heterocycles. The highest BCUT2D eigenvalue weighted by Crippen LogP contribution is 2.20. The van der Waals surface area contributed by atoms with Crippen molar-refractivity contribution in [3.05, 3.63) is 35.9 Å². The summed E-state index contributed by atoms with van der Waals surface area (Å²) in [4.78, 5) is 12.5. The SMILES string of the molecule is CCNC(=NCCN1CCN(CC)CC1)NC1CC(C)N(Cc2ccccc2)C1.I. The van der Waals surface area contributed by atoms with E-state index in [0.717, 1.165) is 45.1 Å². The van der Waals surface area contributed by atoms with E-state index in [-0.39, 0.29) is 24.0 Å². The standard InChI is InChI=1S/C23H40N6.HI/c1-4-24-23(25-11-12-28-15-13-27(5-2)14-16-28)26-22-17-20(3)29(19-22)18-21-9-7-6-8-10-21;/h6-10,20,22H,4-5,11-19H2,1-3H3,(H2,24,25,26);1H. The van der Waals surface area contributed by atoms with Gasteiger partial charge in [-0.05, 0) is 32.4 Å². The molecule has 6 nitrogen and oxygen atoms in total. The lowest BCUT2D eigenvalue weighted by molar-refractivity contribution is 0.140. The zero-order valence-electron chi connectivity index (χ0n) is 19.0. The van der Waals surface area contributed by atoms with Crippen molar-refractivity contribution in [2.24, 2.45) is 4.99 Å². The van der Waals surface area contributed by atoms with Crippen LogP contribution in [0.1, 0.15) is 32.8 Å². The second-order valence-corrected chi connectivity index (χ2v) is 8.38. The summed E-state index contributed by atoms with van der Waals surface area (Å²) in [6, 6.07) is 11.8. The molecule has 0 aromatic heterocycles. The topological polar surface area (TPSA) is 46.1 Å². The summed E-state index contributed by atoms with van der Waals surface area (Å²) in [5, 5.41) is 7.12. The summed E-state index contributed by atoms with van der Waals surface area (Å²) >= 11 is 0. The number of hydrogen-bond acceptors (Lipinski definition) is 4. The lowest BCUT2D eigenvalue weighted by Gasteiger charge is -2.33. The summed E-state index contributed by atoms with van der Waals surface area (Å²) in [5.74, 6) is 0.971. The summed E-state index contributed by atoms with van der Waals surface area (Å²) in [7, 11) is 0. The van der Waals surface area contributed by atoms with Crippen molar-refractivity contribution in [2.75, 3.05) is 58.9 Å².